The molecule has 1 fully saturated rings. The minimum absolute atomic E-state index is 0.0972. The van der Waals surface area contributed by atoms with Gasteiger partial charge in [0.15, 0.2) is 0 Å². The zero-order valence-corrected chi connectivity index (χ0v) is 15.8. The first kappa shape index (κ1) is 19.2. The van der Waals surface area contributed by atoms with Crippen LogP contribution in [0, 0.1) is 0 Å². The summed E-state index contributed by atoms with van der Waals surface area (Å²) in [6, 6.07) is 5.63. The van der Waals surface area contributed by atoms with Crippen LogP contribution in [0.25, 0.3) is 10.9 Å². The summed E-state index contributed by atoms with van der Waals surface area (Å²) in [5.74, 6) is 1.57. The predicted molar refractivity (Wildman–Crippen MR) is 107 cm³/mol. The Labute approximate surface area is 165 Å². The maximum absolute atomic E-state index is 13.0. The highest BCUT2D eigenvalue weighted by molar-refractivity contribution is 5.90. The van der Waals surface area contributed by atoms with Crippen LogP contribution >= 0.6 is 0 Å². The molecule has 9 heteroatoms. The van der Waals surface area contributed by atoms with Gasteiger partial charge in [-0.25, -0.2) is 4.98 Å². The lowest BCUT2D eigenvalue weighted by atomic mass is 10.1. The van der Waals surface area contributed by atoms with Gasteiger partial charge in [-0.05, 0) is 49.1 Å². The second kappa shape index (κ2) is 7.38. The van der Waals surface area contributed by atoms with E-state index < -0.39 is 11.7 Å². The maximum atomic E-state index is 13.0. The highest BCUT2D eigenvalue weighted by atomic mass is 19.4. The first-order valence-electron chi connectivity index (χ1n) is 9.39. The Kier molecular flexibility index (Phi) is 4.89. The van der Waals surface area contributed by atoms with Crippen molar-refractivity contribution in [2.45, 2.75) is 31.4 Å². The topological polar surface area (TPSA) is 88.8 Å². The van der Waals surface area contributed by atoms with E-state index in [1.807, 2.05) is 6.07 Å². The van der Waals surface area contributed by atoms with Gasteiger partial charge in [0.25, 0.3) is 0 Å². The lowest BCUT2D eigenvalue weighted by Gasteiger charge is -2.13. The molecule has 3 aromatic rings. The van der Waals surface area contributed by atoms with E-state index in [2.05, 4.69) is 25.6 Å². The lowest BCUT2D eigenvalue weighted by molar-refractivity contribution is -0.137. The fourth-order valence-corrected chi connectivity index (χ4v) is 3.25. The number of nitrogen functional groups attached to an aromatic ring is 1. The molecule has 0 saturated heterocycles. The van der Waals surface area contributed by atoms with E-state index in [0.717, 1.165) is 36.1 Å². The van der Waals surface area contributed by atoms with Crippen LogP contribution in [-0.4, -0.2) is 28.5 Å². The van der Waals surface area contributed by atoms with E-state index in [9.17, 15) is 13.2 Å². The summed E-state index contributed by atoms with van der Waals surface area (Å²) >= 11 is 0. The Morgan fingerprint density at radius 3 is 2.62 bits per heavy atom. The maximum Gasteiger partial charge on any atom is 0.416 e. The number of fused-ring (bicyclic) bond motifs is 1. The number of pyridine rings is 1. The minimum atomic E-state index is -4.42. The third-order valence-electron chi connectivity index (χ3n) is 4.87. The molecule has 1 aliphatic rings. The van der Waals surface area contributed by atoms with Crippen LogP contribution in [0.15, 0.2) is 30.5 Å². The van der Waals surface area contributed by atoms with Gasteiger partial charge in [-0.3, -0.25) is 4.98 Å². The van der Waals surface area contributed by atoms with E-state index in [0.29, 0.717) is 41.7 Å². The largest absolute Gasteiger partial charge is 0.416 e. The van der Waals surface area contributed by atoms with Crippen LogP contribution in [0.1, 0.15) is 35.6 Å². The Hall–Kier alpha value is -3.10. The van der Waals surface area contributed by atoms with Crippen molar-refractivity contribution in [2.75, 3.05) is 30.0 Å². The average molecular weight is 402 g/mol. The molecule has 152 valence electrons. The van der Waals surface area contributed by atoms with Gasteiger partial charge in [0.05, 0.1) is 17.3 Å². The van der Waals surface area contributed by atoms with Crippen LogP contribution in [0.3, 0.4) is 0 Å². The van der Waals surface area contributed by atoms with Crippen LogP contribution in [-0.2, 0) is 12.6 Å². The van der Waals surface area contributed by atoms with Gasteiger partial charge in [-0.2, -0.15) is 18.2 Å². The SMILES string of the molecule is CNc1nc(NCCc2cc(N)cc(C(F)(F)F)c2)c2cc(C3CC3)ncc2n1. The quantitative estimate of drug-likeness (QED) is 0.536. The fourth-order valence-electron chi connectivity index (χ4n) is 3.25. The van der Waals surface area contributed by atoms with Crippen molar-refractivity contribution < 1.29 is 13.2 Å². The van der Waals surface area contributed by atoms with Crippen LogP contribution in [0.5, 0.6) is 0 Å². The van der Waals surface area contributed by atoms with Crippen molar-refractivity contribution in [3.63, 3.8) is 0 Å². The Bertz CT molecular complexity index is 1050. The van der Waals surface area contributed by atoms with E-state index in [1.54, 1.807) is 19.3 Å². The normalized spacial score (nSPS) is 14.2. The van der Waals surface area contributed by atoms with E-state index in [-0.39, 0.29) is 5.69 Å². The molecular weight excluding hydrogens is 381 g/mol. The molecule has 0 radical (unpaired) electrons. The zero-order valence-electron chi connectivity index (χ0n) is 15.8. The minimum Gasteiger partial charge on any atom is -0.399 e. The molecule has 1 aliphatic carbocycles. The van der Waals surface area contributed by atoms with Gasteiger partial charge >= 0.3 is 6.18 Å². The molecule has 2 aromatic heterocycles. The van der Waals surface area contributed by atoms with Gasteiger partial charge in [0.1, 0.15) is 5.82 Å². The first-order valence-corrected chi connectivity index (χ1v) is 9.39. The lowest BCUT2D eigenvalue weighted by Crippen LogP contribution is -2.11. The van der Waals surface area contributed by atoms with E-state index in [4.69, 9.17) is 5.73 Å². The number of nitrogens with two attached hydrogens (primary N) is 1. The molecule has 4 N–H and O–H groups in total. The van der Waals surface area contributed by atoms with Crippen LogP contribution in [0.2, 0.25) is 0 Å². The number of alkyl halides is 3. The monoisotopic (exact) mass is 402 g/mol. The van der Waals surface area contributed by atoms with Crippen molar-refractivity contribution >= 4 is 28.4 Å². The molecule has 0 unspecified atom stereocenters. The number of hydrogen-bond acceptors (Lipinski definition) is 6. The summed E-state index contributed by atoms with van der Waals surface area (Å²) in [6.45, 7) is 0.400. The molecule has 1 saturated carbocycles. The van der Waals surface area contributed by atoms with Crippen molar-refractivity contribution in [1.29, 1.82) is 0 Å². The molecule has 0 spiro atoms. The number of hydrogen-bond donors (Lipinski definition) is 3. The smallest absolute Gasteiger partial charge is 0.399 e. The third-order valence-corrected chi connectivity index (χ3v) is 4.87. The number of anilines is 3. The number of halogens is 3. The molecule has 29 heavy (non-hydrogen) atoms. The van der Waals surface area contributed by atoms with Crippen molar-refractivity contribution in [3.8, 4) is 0 Å². The molecule has 4 rings (SSSR count). The number of benzene rings is 1. The molecule has 0 bridgehead atoms. The summed E-state index contributed by atoms with van der Waals surface area (Å²) in [4.78, 5) is 13.4. The highest BCUT2D eigenvalue weighted by Gasteiger charge is 2.31. The predicted octanol–water partition coefficient (Wildman–Crippen LogP) is 4.20. The van der Waals surface area contributed by atoms with Crippen molar-refractivity contribution in [2.24, 2.45) is 0 Å². The standard InChI is InChI=1S/C20H21F3N6/c1-25-19-28-17-10-27-16(12-2-3-12)9-15(17)18(29-19)26-5-4-11-6-13(20(21,22)23)8-14(24)7-11/h6-10,12H,2-5,24H2,1H3,(H2,25,26,28,29). The molecule has 0 aliphatic heterocycles. The van der Waals surface area contributed by atoms with Gasteiger partial charge in [0.2, 0.25) is 5.95 Å². The molecule has 2 heterocycles. The highest BCUT2D eigenvalue weighted by Crippen LogP contribution is 2.40. The number of aromatic nitrogens is 3. The number of nitrogens with one attached hydrogen (secondary N) is 2. The molecule has 6 nitrogen and oxygen atoms in total. The molecule has 0 atom stereocenters. The van der Waals surface area contributed by atoms with Crippen LogP contribution in [0.4, 0.5) is 30.6 Å². The molecule has 0 amide bonds. The molecular formula is C20H21F3N6. The molecule has 1 aromatic carbocycles. The second-order valence-electron chi connectivity index (χ2n) is 7.18. The first-order chi connectivity index (χ1) is 13.8. The van der Waals surface area contributed by atoms with Crippen molar-refractivity contribution in [1.82, 2.24) is 15.0 Å². The summed E-state index contributed by atoms with van der Waals surface area (Å²) in [6.07, 6.45) is -0.0467. The Balaban J connectivity index is 1.56. The summed E-state index contributed by atoms with van der Waals surface area (Å²) in [5.41, 5.74) is 7.24. The summed E-state index contributed by atoms with van der Waals surface area (Å²) in [7, 11) is 1.72. The Morgan fingerprint density at radius 2 is 1.93 bits per heavy atom. The average Bonchev–Trinajstić information content (AvgIpc) is 3.51. The fraction of sp³-hybridized carbons (Fsp3) is 0.350. The second-order valence-corrected chi connectivity index (χ2v) is 7.18. The van der Waals surface area contributed by atoms with Gasteiger partial charge in [0, 0.05) is 36.3 Å². The third kappa shape index (κ3) is 4.33. The van der Waals surface area contributed by atoms with Crippen molar-refractivity contribution in [3.05, 3.63) is 47.3 Å². The van der Waals surface area contributed by atoms with E-state index in [1.165, 1.54) is 0 Å². The van der Waals surface area contributed by atoms with E-state index >= 15 is 0 Å². The van der Waals surface area contributed by atoms with Crippen LogP contribution < -0.4 is 16.4 Å². The zero-order chi connectivity index (χ0) is 20.6. The van der Waals surface area contributed by atoms with Gasteiger partial charge in [-0.15, -0.1) is 0 Å². The van der Waals surface area contributed by atoms with Gasteiger partial charge < -0.3 is 16.4 Å². The van der Waals surface area contributed by atoms with Gasteiger partial charge in [-0.1, -0.05) is 0 Å². The Morgan fingerprint density at radius 1 is 1.14 bits per heavy atom. The summed E-state index contributed by atoms with van der Waals surface area (Å²) in [5, 5.41) is 7.00. The summed E-state index contributed by atoms with van der Waals surface area (Å²) < 4.78 is 39.0. The number of rotatable bonds is 6. The number of nitrogens with zero attached hydrogens (tertiary/aromatic N) is 3.